The largest absolute Gasteiger partial charge is 0.497 e. The summed E-state index contributed by atoms with van der Waals surface area (Å²) in [7, 11) is 1.72. The third kappa shape index (κ3) is 4.11. The molecule has 1 aromatic rings. The quantitative estimate of drug-likeness (QED) is 0.806. The van der Waals surface area contributed by atoms with E-state index in [1.165, 1.54) is 18.4 Å². The predicted molar refractivity (Wildman–Crippen MR) is 85.1 cm³/mol. The van der Waals surface area contributed by atoms with Crippen molar-refractivity contribution in [3.05, 3.63) is 41.5 Å². The Morgan fingerprint density at radius 2 is 2.20 bits per heavy atom. The molecule has 2 nitrogen and oxygen atoms in total. The number of hydrogen-bond acceptors (Lipinski definition) is 2. The second kappa shape index (κ2) is 6.94. The molecular formula is C18H27NO. The normalized spacial score (nSPS) is 24.1. The summed E-state index contributed by atoms with van der Waals surface area (Å²) < 4.78 is 5.29. The molecular weight excluding hydrogens is 246 g/mol. The van der Waals surface area contributed by atoms with Crippen LogP contribution in [0.4, 0.5) is 0 Å². The summed E-state index contributed by atoms with van der Waals surface area (Å²) in [6.45, 7) is 7.90. The second-order valence-corrected chi connectivity index (χ2v) is 6.20. The number of ether oxygens (including phenoxy) is 1. The Kier molecular flexibility index (Phi) is 5.24. The van der Waals surface area contributed by atoms with Gasteiger partial charge in [0.05, 0.1) is 7.11 Å². The molecule has 2 heteroatoms. The zero-order valence-corrected chi connectivity index (χ0v) is 13.1. The molecule has 0 aromatic heterocycles. The molecule has 2 rings (SSSR count). The average molecular weight is 273 g/mol. The molecule has 110 valence electrons. The molecule has 0 radical (unpaired) electrons. The minimum Gasteiger partial charge on any atom is -0.497 e. The van der Waals surface area contributed by atoms with E-state index >= 15 is 0 Å². The highest BCUT2D eigenvalue weighted by Crippen LogP contribution is 2.28. The first-order chi connectivity index (χ1) is 9.58. The topological polar surface area (TPSA) is 21.3 Å². The Balaban J connectivity index is 1.88. The molecule has 0 amide bonds. The highest BCUT2D eigenvalue weighted by atomic mass is 16.5. The first-order valence-corrected chi connectivity index (χ1v) is 7.63. The zero-order valence-electron chi connectivity index (χ0n) is 13.1. The van der Waals surface area contributed by atoms with Crippen LogP contribution in [0.15, 0.2) is 35.9 Å². The van der Waals surface area contributed by atoms with E-state index in [4.69, 9.17) is 4.74 Å². The Bertz CT molecular complexity index is 466. The molecule has 0 heterocycles. The summed E-state index contributed by atoms with van der Waals surface area (Å²) in [6.07, 6.45) is 4.96. The van der Waals surface area contributed by atoms with Gasteiger partial charge in [0.2, 0.25) is 0 Å². The summed E-state index contributed by atoms with van der Waals surface area (Å²) in [4.78, 5) is 0. The molecule has 1 aromatic carbocycles. The smallest absolute Gasteiger partial charge is 0.119 e. The number of rotatable bonds is 5. The summed E-state index contributed by atoms with van der Waals surface area (Å²) >= 11 is 0. The number of methoxy groups -OCH3 is 1. The number of allylic oxidation sites excluding steroid dienone is 2. The lowest BCUT2D eigenvalue weighted by atomic mass is 9.83. The van der Waals surface area contributed by atoms with Gasteiger partial charge < -0.3 is 10.1 Å². The fourth-order valence-corrected chi connectivity index (χ4v) is 3.21. The van der Waals surface area contributed by atoms with Crippen LogP contribution in [0, 0.1) is 11.8 Å². The monoisotopic (exact) mass is 273 g/mol. The molecule has 1 aliphatic carbocycles. The van der Waals surface area contributed by atoms with E-state index in [0.717, 1.165) is 24.1 Å². The van der Waals surface area contributed by atoms with E-state index < -0.39 is 0 Å². The highest BCUT2D eigenvalue weighted by molar-refractivity contribution is 5.30. The van der Waals surface area contributed by atoms with Crippen molar-refractivity contribution < 1.29 is 4.74 Å². The molecule has 0 saturated carbocycles. The lowest BCUT2D eigenvalue weighted by Gasteiger charge is -2.27. The van der Waals surface area contributed by atoms with Gasteiger partial charge in [0.15, 0.2) is 0 Å². The SMILES string of the molecule is COc1cccc([C@H](C)NCC2CC(C)=CC(C)C2)c1. The second-order valence-electron chi connectivity index (χ2n) is 6.20. The molecule has 0 bridgehead atoms. The fraction of sp³-hybridized carbons (Fsp3) is 0.556. The third-order valence-electron chi connectivity index (χ3n) is 4.19. The summed E-state index contributed by atoms with van der Waals surface area (Å²) in [5.41, 5.74) is 2.84. The first kappa shape index (κ1) is 15.1. The van der Waals surface area contributed by atoms with E-state index in [0.29, 0.717) is 6.04 Å². The van der Waals surface area contributed by atoms with Gasteiger partial charge in [-0.3, -0.25) is 0 Å². The Morgan fingerprint density at radius 1 is 1.40 bits per heavy atom. The Labute approximate surface area is 123 Å². The predicted octanol–water partition coefficient (Wildman–Crippen LogP) is 4.34. The lowest BCUT2D eigenvalue weighted by molar-refractivity contribution is 0.366. The average Bonchev–Trinajstić information content (AvgIpc) is 2.44. The van der Waals surface area contributed by atoms with Gasteiger partial charge in [-0.1, -0.05) is 30.7 Å². The third-order valence-corrected chi connectivity index (χ3v) is 4.19. The van der Waals surface area contributed by atoms with E-state index in [9.17, 15) is 0 Å². The van der Waals surface area contributed by atoms with Crippen LogP contribution in [0.1, 0.15) is 45.2 Å². The van der Waals surface area contributed by atoms with Gasteiger partial charge in [0.1, 0.15) is 5.75 Å². The number of benzene rings is 1. The number of hydrogen-bond donors (Lipinski definition) is 1. The Hall–Kier alpha value is -1.28. The van der Waals surface area contributed by atoms with Crippen LogP contribution in [0.3, 0.4) is 0 Å². The maximum absolute atomic E-state index is 5.29. The lowest BCUT2D eigenvalue weighted by Crippen LogP contribution is -2.28. The fourth-order valence-electron chi connectivity index (χ4n) is 3.21. The maximum atomic E-state index is 5.29. The van der Waals surface area contributed by atoms with Crippen LogP contribution in [0.2, 0.25) is 0 Å². The van der Waals surface area contributed by atoms with Crippen LogP contribution < -0.4 is 10.1 Å². The summed E-state index contributed by atoms with van der Waals surface area (Å²) in [5.74, 6) is 2.42. The maximum Gasteiger partial charge on any atom is 0.119 e. The van der Waals surface area contributed by atoms with Crippen molar-refractivity contribution in [3.63, 3.8) is 0 Å². The minimum absolute atomic E-state index is 0.367. The van der Waals surface area contributed by atoms with Crippen molar-refractivity contribution in [3.8, 4) is 5.75 Å². The zero-order chi connectivity index (χ0) is 14.5. The van der Waals surface area contributed by atoms with Crippen molar-refractivity contribution in [2.45, 2.75) is 39.7 Å². The molecule has 0 fully saturated rings. The van der Waals surface area contributed by atoms with Gasteiger partial charge in [-0.15, -0.1) is 0 Å². The highest BCUT2D eigenvalue weighted by Gasteiger charge is 2.18. The molecule has 0 aliphatic heterocycles. The van der Waals surface area contributed by atoms with Crippen molar-refractivity contribution in [2.75, 3.05) is 13.7 Å². The molecule has 20 heavy (non-hydrogen) atoms. The van der Waals surface area contributed by atoms with Crippen LogP contribution in [0.5, 0.6) is 5.75 Å². The van der Waals surface area contributed by atoms with Crippen LogP contribution >= 0.6 is 0 Å². The van der Waals surface area contributed by atoms with Gasteiger partial charge in [-0.2, -0.15) is 0 Å². The molecule has 0 spiro atoms. The van der Waals surface area contributed by atoms with Crippen molar-refractivity contribution in [1.82, 2.24) is 5.32 Å². The van der Waals surface area contributed by atoms with E-state index in [1.807, 2.05) is 6.07 Å². The molecule has 3 atom stereocenters. The van der Waals surface area contributed by atoms with E-state index in [-0.39, 0.29) is 0 Å². The van der Waals surface area contributed by atoms with E-state index in [1.54, 1.807) is 12.7 Å². The molecule has 1 aliphatic rings. The van der Waals surface area contributed by atoms with Crippen LogP contribution in [-0.2, 0) is 0 Å². The first-order valence-electron chi connectivity index (χ1n) is 7.63. The van der Waals surface area contributed by atoms with Gasteiger partial charge in [-0.25, -0.2) is 0 Å². The van der Waals surface area contributed by atoms with Crippen molar-refractivity contribution in [2.24, 2.45) is 11.8 Å². The van der Waals surface area contributed by atoms with Crippen LogP contribution in [0.25, 0.3) is 0 Å². The van der Waals surface area contributed by atoms with E-state index in [2.05, 4.69) is 50.4 Å². The molecule has 0 saturated heterocycles. The summed E-state index contributed by atoms with van der Waals surface area (Å²) in [6, 6.07) is 8.70. The number of nitrogens with one attached hydrogen (secondary N) is 1. The van der Waals surface area contributed by atoms with Gasteiger partial charge in [-0.05, 0) is 62.8 Å². The van der Waals surface area contributed by atoms with Crippen LogP contribution in [-0.4, -0.2) is 13.7 Å². The van der Waals surface area contributed by atoms with Gasteiger partial charge >= 0.3 is 0 Å². The van der Waals surface area contributed by atoms with Gasteiger partial charge in [0.25, 0.3) is 0 Å². The van der Waals surface area contributed by atoms with Gasteiger partial charge in [0, 0.05) is 6.04 Å². The Morgan fingerprint density at radius 3 is 2.90 bits per heavy atom. The molecule has 1 N–H and O–H groups in total. The minimum atomic E-state index is 0.367. The van der Waals surface area contributed by atoms with Crippen molar-refractivity contribution in [1.29, 1.82) is 0 Å². The molecule has 2 unspecified atom stereocenters. The summed E-state index contributed by atoms with van der Waals surface area (Å²) in [5, 5.41) is 3.68. The van der Waals surface area contributed by atoms with Crippen molar-refractivity contribution >= 4 is 0 Å². The standard InChI is InChI=1S/C18H27NO/c1-13-8-14(2)10-16(9-13)12-19-15(3)17-6-5-7-18(11-17)20-4/h5-8,11,13,15-16,19H,9-10,12H2,1-4H3/t13?,15-,16?/m0/s1.